The van der Waals surface area contributed by atoms with Gasteiger partial charge < -0.3 is 5.32 Å². The minimum Gasteiger partial charge on any atom is -0.339 e. The Bertz CT molecular complexity index is 253. The molecule has 1 N–H and O–H groups in total. The third-order valence-corrected chi connectivity index (χ3v) is 2.22. The first kappa shape index (κ1) is 9.26. The summed E-state index contributed by atoms with van der Waals surface area (Å²) in [7, 11) is 0. The lowest BCUT2D eigenvalue weighted by molar-refractivity contribution is 0.638. The molecule has 3 heteroatoms. The summed E-state index contributed by atoms with van der Waals surface area (Å²) in [4.78, 5) is 4.38. The first-order valence-electron chi connectivity index (χ1n) is 4.04. The molecular weight excluding hydrogens is 168 g/mol. The highest BCUT2D eigenvalue weighted by Crippen LogP contribution is 2.17. The third kappa shape index (κ3) is 2.66. The molecule has 1 aromatic heterocycles. The number of thiazole rings is 1. The van der Waals surface area contributed by atoms with Crippen LogP contribution >= 0.6 is 11.3 Å². The second-order valence-electron chi connectivity index (χ2n) is 3.09. The molecule has 0 unspecified atom stereocenters. The van der Waals surface area contributed by atoms with Crippen molar-refractivity contribution < 1.29 is 0 Å². The van der Waals surface area contributed by atoms with Crippen LogP contribution in [-0.2, 0) is 6.42 Å². The van der Waals surface area contributed by atoms with Crippen LogP contribution in [0.25, 0.3) is 0 Å². The fourth-order valence-electron chi connectivity index (χ4n) is 0.973. The number of nitrogens with zero attached hydrogens (tertiary/aromatic N) is 1. The number of aromatic nitrogens is 1. The molecule has 0 aliphatic rings. The Balaban J connectivity index is 2.57. The standard InChI is InChI=1S/C9H14N2S/c1-4-10-9-11-8(6-12-9)5-7(2)3/h4,6-7H,1,5H2,2-3H3,(H,10,11). The van der Waals surface area contributed by atoms with Crippen LogP contribution in [0.3, 0.4) is 0 Å². The molecule has 0 aromatic carbocycles. The Morgan fingerprint density at radius 1 is 1.75 bits per heavy atom. The molecule has 0 saturated heterocycles. The van der Waals surface area contributed by atoms with E-state index in [1.165, 1.54) is 5.69 Å². The van der Waals surface area contributed by atoms with Gasteiger partial charge in [-0.25, -0.2) is 4.98 Å². The average molecular weight is 182 g/mol. The van der Waals surface area contributed by atoms with Gasteiger partial charge in [-0.3, -0.25) is 0 Å². The minimum atomic E-state index is 0.670. The predicted octanol–water partition coefficient (Wildman–Crippen LogP) is 2.90. The second kappa shape index (κ2) is 4.26. The van der Waals surface area contributed by atoms with E-state index in [2.05, 4.69) is 36.1 Å². The van der Waals surface area contributed by atoms with Gasteiger partial charge in [0, 0.05) is 5.38 Å². The van der Waals surface area contributed by atoms with Crippen molar-refractivity contribution in [2.45, 2.75) is 20.3 Å². The van der Waals surface area contributed by atoms with Crippen molar-refractivity contribution in [2.24, 2.45) is 5.92 Å². The van der Waals surface area contributed by atoms with Crippen molar-refractivity contribution in [1.29, 1.82) is 0 Å². The van der Waals surface area contributed by atoms with Gasteiger partial charge in [0.1, 0.15) is 0 Å². The van der Waals surface area contributed by atoms with Gasteiger partial charge in [-0.15, -0.1) is 11.3 Å². The summed E-state index contributed by atoms with van der Waals surface area (Å²) in [6, 6.07) is 0. The van der Waals surface area contributed by atoms with Gasteiger partial charge >= 0.3 is 0 Å². The maximum absolute atomic E-state index is 4.38. The van der Waals surface area contributed by atoms with Crippen LogP contribution in [0.1, 0.15) is 19.5 Å². The van der Waals surface area contributed by atoms with Crippen molar-refractivity contribution in [3.8, 4) is 0 Å². The van der Waals surface area contributed by atoms with Crippen molar-refractivity contribution in [3.05, 3.63) is 23.9 Å². The fourth-order valence-corrected chi connectivity index (χ4v) is 1.69. The molecule has 0 spiro atoms. The van der Waals surface area contributed by atoms with Crippen molar-refractivity contribution in [3.63, 3.8) is 0 Å². The van der Waals surface area contributed by atoms with Gasteiger partial charge in [0.05, 0.1) is 5.69 Å². The van der Waals surface area contributed by atoms with E-state index in [1.54, 1.807) is 17.5 Å². The van der Waals surface area contributed by atoms with Crippen LogP contribution in [0.5, 0.6) is 0 Å². The van der Waals surface area contributed by atoms with Crippen LogP contribution in [0.4, 0.5) is 5.13 Å². The molecular formula is C9H14N2S. The molecule has 0 radical (unpaired) electrons. The molecule has 0 saturated carbocycles. The largest absolute Gasteiger partial charge is 0.339 e. The Labute approximate surface area is 77.3 Å². The number of hydrogen-bond donors (Lipinski definition) is 1. The second-order valence-corrected chi connectivity index (χ2v) is 3.95. The molecule has 66 valence electrons. The Morgan fingerprint density at radius 2 is 2.50 bits per heavy atom. The molecule has 1 heterocycles. The quantitative estimate of drug-likeness (QED) is 0.774. The Kier molecular flexibility index (Phi) is 3.29. The highest BCUT2D eigenvalue weighted by atomic mass is 32.1. The van der Waals surface area contributed by atoms with Gasteiger partial charge in [0.2, 0.25) is 0 Å². The summed E-state index contributed by atoms with van der Waals surface area (Å²) in [5, 5.41) is 5.99. The summed E-state index contributed by atoms with van der Waals surface area (Å²) < 4.78 is 0. The zero-order chi connectivity index (χ0) is 8.97. The number of anilines is 1. The highest BCUT2D eigenvalue weighted by molar-refractivity contribution is 7.13. The van der Waals surface area contributed by atoms with Crippen LogP contribution < -0.4 is 5.32 Å². The molecule has 1 rings (SSSR count). The summed E-state index contributed by atoms with van der Waals surface area (Å²) in [6.45, 7) is 7.97. The SMILES string of the molecule is C=CNc1nc(CC(C)C)cs1. The molecule has 0 aliphatic carbocycles. The van der Waals surface area contributed by atoms with Crippen molar-refractivity contribution in [1.82, 2.24) is 4.98 Å². The van der Waals surface area contributed by atoms with E-state index in [0.29, 0.717) is 5.92 Å². The van der Waals surface area contributed by atoms with Gasteiger partial charge in [-0.1, -0.05) is 20.4 Å². The van der Waals surface area contributed by atoms with E-state index < -0.39 is 0 Å². The zero-order valence-corrected chi connectivity index (χ0v) is 8.32. The minimum absolute atomic E-state index is 0.670. The molecule has 0 atom stereocenters. The number of rotatable bonds is 4. The summed E-state index contributed by atoms with van der Waals surface area (Å²) >= 11 is 1.62. The van der Waals surface area contributed by atoms with Gasteiger partial charge in [-0.05, 0) is 18.5 Å². The third-order valence-electron chi connectivity index (χ3n) is 1.39. The van der Waals surface area contributed by atoms with E-state index in [9.17, 15) is 0 Å². The lowest BCUT2D eigenvalue weighted by Crippen LogP contribution is -1.94. The Hall–Kier alpha value is -0.830. The smallest absolute Gasteiger partial charge is 0.186 e. The summed E-state index contributed by atoms with van der Waals surface area (Å²) in [5.41, 5.74) is 1.17. The van der Waals surface area contributed by atoms with E-state index in [1.807, 2.05) is 0 Å². The van der Waals surface area contributed by atoms with Gasteiger partial charge in [0.15, 0.2) is 5.13 Å². The van der Waals surface area contributed by atoms with Crippen LogP contribution in [0, 0.1) is 5.92 Å². The Morgan fingerprint density at radius 3 is 3.08 bits per heavy atom. The number of hydrogen-bond acceptors (Lipinski definition) is 3. The van der Waals surface area contributed by atoms with Crippen molar-refractivity contribution in [2.75, 3.05) is 5.32 Å². The number of nitrogens with one attached hydrogen (secondary N) is 1. The molecule has 0 fully saturated rings. The van der Waals surface area contributed by atoms with Gasteiger partial charge in [0.25, 0.3) is 0 Å². The van der Waals surface area contributed by atoms with E-state index in [0.717, 1.165) is 11.6 Å². The molecule has 1 aromatic rings. The predicted molar refractivity (Wildman–Crippen MR) is 54.5 cm³/mol. The average Bonchev–Trinajstić information content (AvgIpc) is 2.36. The maximum Gasteiger partial charge on any atom is 0.186 e. The van der Waals surface area contributed by atoms with E-state index in [4.69, 9.17) is 0 Å². The van der Waals surface area contributed by atoms with Crippen LogP contribution in [0.2, 0.25) is 0 Å². The molecule has 12 heavy (non-hydrogen) atoms. The van der Waals surface area contributed by atoms with E-state index in [-0.39, 0.29) is 0 Å². The maximum atomic E-state index is 4.38. The van der Waals surface area contributed by atoms with Gasteiger partial charge in [-0.2, -0.15) is 0 Å². The van der Waals surface area contributed by atoms with Crippen LogP contribution in [-0.4, -0.2) is 4.98 Å². The highest BCUT2D eigenvalue weighted by Gasteiger charge is 2.02. The summed E-state index contributed by atoms with van der Waals surface area (Å²) in [5.74, 6) is 0.670. The molecule has 2 nitrogen and oxygen atoms in total. The fraction of sp³-hybridized carbons (Fsp3) is 0.444. The van der Waals surface area contributed by atoms with Crippen molar-refractivity contribution >= 4 is 16.5 Å². The molecule has 0 bridgehead atoms. The topological polar surface area (TPSA) is 24.9 Å². The van der Waals surface area contributed by atoms with Crippen LogP contribution in [0.15, 0.2) is 18.2 Å². The van der Waals surface area contributed by atoms with E-state index >= 15 is 0 Å². The lowest BCUT2D eigenvalue weighted by atomic mass is 10.1. The first-order valence-corrected chi connectivity index (χ1v) is 4.92. The summed E-state index contributed by atoms with van der Waals surface area (Å²) in [6.07, 6.45) is 2.70. The first-order chi connectivity index (χ1) is 5.72. The normalized spacial score (nSPS) is 10.2. The monoisotopic (exact) mass is 182 g/mol. The zero-order valence-electron chi connectivity index (χ0n) is 7.50. The molecule has 0 aliphatic heterocycles. The molecule has 0 amide bonds. The lowest BCUT2D eigenvalue weighted by Gasteiger charge is -1.98.